The third-order valence-electron chi connectivity index (χ3n) is 3.44. The third kappa shape index (κ3) is 2.14. The summed E-state index contributed by atoms with van der Waals surface area (Å²) >= 11 is 0. The zero-order valence-electron chi connectivity index (χ0n) is 10.6. The van der Waals surface area contributed by atoms with Crippen molar-refractivity contribution in [2.24, 2.45) is 11.8 Å². The first kappa shape index (κ1) is 13.2. The highest BCUT2D eigenvalue weighted by molar-refractivity contribution is 5.81. The van der Waals surface area contributed by atoms with E-state index in [0.717, 1.165) is 18.4 Å². The van der Waals surface area contributed by atoms with Gasteiger partial charge in [-0.25, -0.2) is 4.79 Å². The van der Waals surface area contributed by atoms with E-state index in [0.29, 0.717) is 0 Å². The number of esters is 1. The molecule has 0 unspecified atom stereocenters. The van der Waals surface area contributed by atoms with Gasteiger partial charge in [0.2, 0.25) is 0 Å². The largest absolute Gasteiger partial charge is 0.461 e. The van der Waals surface area contributed by atoms with E-state index in [1.54, 1.807) is 13.8 Å². The van der Waals surface area contributed by atoms with E-state index in [4.69, 9.17) is 4.74 Å². The molecular formula is C13H22O3. The summed E-state index contributed by atoms with van der Waals surface area (Å²) in [5.41, 5.74) is -0.525. The van der Waals surface area contributed by atoms with Crippen molar-refractivity contribution >= 4 is 5.97 Å². The van der Waals surface area contributed by atoms with Crippen molar-refractivity contribution in [2.45, 2.75) is 52.2 Å². The van der Waals surface area contributed by atoms with Crippen LogP contribution in [0.5, 0.6) is 0 Å². The van der Waals surface area contributed by atoms with Crippen LogP contribution >= 0.6 is 0 Å². The van der Waals surface area contributed by atoms with Crippen molar-refractivity contribution in [3.05, 3.63) is 12.2 Å². The van der Waals surface area contributed by atoms with Crippen LogP contribution in [0, 0.1) is 11.8 Å². The Morgan fingerprint density at radius 3 is 2.50 bits per heavy atom. The molecule has 1 saturated carbocycles. The van der Waals surface area contributed by atoms with E-state index >= 15 is 0 Å². The number of rotatable bonds is 3. The van der Waals surface area contributed by atoms with E-state index in [2.05, 4.69) is 6.58 Å². The van der Waals surface area contributed by atoms with E-state index < -0.39 is 11.6 Å². The van der Waals surface area contributed by atoms with Crippen LogP contribution < -0.4 is 0 Å². The number of aliphatic hydroxyl groups is 1. The molecule has 0 bridgehead atoms. The van der Waals surface area contributed by atoms with E-state index in [9.17, 15) is 9.90 Å². The molecule has 0 heterocycles. The highest BCUT2D eigenvalue weighted by Gasteiger charge is 2.54. The summed E-state index contributed by atoms with van der Waals surface area (Å²) in [6, 6.07) is 0. The Bertz CT molecular complexity index is 296. The Morgan fingerprint density at radius 1 is 1.50 bits per heavy atom. The topological polar surface area (TPSA) is 46.5 Å². The van der Waals surface area contributed by atoms with Gasteiger partial charge in [-0.15, -0.1) is 0 Å². The van der Waals surface area contributed by atoms with E-state index in [1.807, 2.05) is 13.8 Å². The number of hydrogen-bond donors (Lipinski definition) is 1. The van der Waals surface area contributed by atoms with Crippen molar-refractivity contribution in [1.82, 2.24) is 0 Å². The molecule has 3 atom stereocenters. The Hall–Kier alpha value is -0.830. The zero-order valence-corrected chi connectivity index (χ0v) is 10.6. The second-order valence-electron chi connectivity index (χ2n) is 5.16. The summed E-state index contributed by atoms with van der Waals surface area (Å²) in [6.07, 6.45) is 1.44. The molecule has 1 rings (SSSR count). The molecule has 0 aromatic rings. The summed E-state index contributed by atoms with van der Waals surface area (Å²) in [5, 5.41) is 10.6. The van der Waals surface area contributed by atoms with Crippen LogP contribution in [0.15, 0.2) is 12.2 Å². The number of hydrogen-bond acceptors (Lipinski definition) is 3. The molecule has 1 aliphatic carbocycles. The number of carbonyl (C=O) groups is 1. The molecule has 3 nitrogen and oxygen atoms in total. The lowest BCUT2D eigenvalue weighted by Crippen LogP contribution is -2.49. The second-order valence-corrected chi connectivity index (χ2v) is 5.16. The minimum atomic E-state index is -1.38. The SMILES string of the molecule is C=C(C)[C@H]1CC[C@@H](C)[C@]1(O)C(=O)OC(C)C. The lowest BCUT2D eigenvalue weighted by molar-refractivity contribution is -0.176. The molecule has 92 valence electrons. The van der Waals surface area contributed by atoms with Gasteiger partial charge in [-0.05, 0) is 39.5 Å². The van der Waals surface area contributed by atoms with Crippen LogP contribution in [0.2, 0.25) is 0 Å². The lowest BCUT2D eigenvalue weighted by atomic mass is 9.81. The highest BCUT2D eigenvalue weighted by Crippen LogP contribution is 2.44. The van der Waals surface area contributed by atoms with Crippen LogP contribution in [0.25, 0.3) is 0 Å². The van der Waals surface area contributed by atoms with Crippen LogP contribution in [0.4, 0.5) is 0 Å². The fourth-order valence-corrected chi connectivity index (χ4v) is 2.47. The Morgan fingerprint density at radius 2 is 2.06 bits per heavy atom. The summed E-state index contributed by atoms with van der Waals surface area (Å²) in [7, 11) is 0. The summed E-state index contributed by atoms with van der Waals surface area (Å²) in [4.78, 5) is 12.0. The predicted molar refractivity (Wildman–Crippen MR) is 62.9 cm³/mol. The molecule has 0 aromatic heterocycles. The molecule has 1 N–H and O–H groups in total. The second kappa shape index (κ2) is 4.58. The Kier molecular flexibility index (Phi) is 3.79. The summed E-state index contributed by atoms with van der Waals surface area (Å²) in [5.74, 6) is -0.741. The monoisotopic (exact) mass is 226 g/mol. The van der Waals surface area contributed by atoms with E-state index in [-0.39, 0.29) is 17.9 Å². The minimum absolute atomic E-state index is 0.0690. The van der Waals surface area contributed by atoms with Crippen LogP contribution in [-0.4, -0.2) is 22.8 Å². The van der Waals surface area contributed by atoms with Gasteiger partial charge in [-0.1, -0.05) is 19.1 Å². The predicted octanol–water partition coefficient (Wildman–Crippen LogP) is 2.29. The zero-order chi connectivity index (χ0) is 12.5. The maximum absolute atomic E-state index is 12.0. The van der Waals surface area contributed by atoms with E-state index in [1.165, 1.54) is 0 Å². The summed E-state index contributed by atoms with van der Waals surface area (Å²) < 4.78 is 5.16. The molecule has 1 fully saturated rings. The molecule has 0 amide bonds. The summed E-state index contributed by atoms with van der Waals surface area (Å²) in [6.45, 7) is 11.2. The Balaban J connectivity index is 2.94. The first-order valence-corrected chi connectivity index (χ1v) is 5.89. The molecule has 1 aliphatic rings. The van der Waals surface area contributed by atoms with Gasteiger partial charge in [0.1, 0.15) is 0 Å². The first-order chi connectivity index (χ1) is 7.30. The van der Waals surface area contributed by atoms with Gasteiger partial charge in [0.15, 0.2) is 5.60 Å². The minimum Gasteiger partial charge on any atom is -0.461 e. The fourth-order valence-electron chi connectivity index (χ4n) is 2.47. The van der Waals surface area contributed by atoms with Gasteiger partial charge in [0.25, 0.3) is 0 Å². The average molecular weight is 226 g/mol. The van der Waals surface area contributed by atoms with Crippen molar-refractivity contribution in [3.63, 3.8) is 0 Å². The maximum atomic E-state index is 12.0. The molecule has 0 aliphatic heterocycles. The number of carbonyl (C=O) groups excluding carboxylic acids is 1. The number of ether oxygens (including phenoxy) is 1. The van der Waals surface area contributed by atoms with Gasteiger partial charge < -0.3 is 9.84 Å². The molecule has 0 aromatic carbocycles. The fraction of sp³-hybridized carbons (Fsp3) is 0.769. The van der Waals surface area contributed by atoms with Crippen LogP contribution in [0.1, 0.15) is 40.5 Å². The van der Waals surface area contributed by atoms with Gasteiger partial charge >= 0.3 is 5.97 Å². The van der Waals surface area contributed by atoms with Gasteiger partial charge in [-0.2, -0.15) is 0 Å². The van der Waals surface area contributed by atoms with Crippen LogP contribution in [-0.2, 0) is 9.53 Å². The average Bonchev–Trinajstić information content (AvgIpc) is 2.43. The van der Waals surface area contributed by atoms with Gasteiger partial charge in [0.05, 0.1) is 6.10 Å². The molecule has 0 spiro atoms. The van der Waals surface area contributed by atoms with Gasteiger partial charge in [0, 0.05) is 5.92 Å². The molecule has 3 heteroatoms. The lowest BCUT2D eigenvalue weighted by Gasteiger charge is -2.32. The smallest absolute Gasteiger partial charge is 0.339 e. The molecular weight excluding hydrogens is 204 g/mol. The van der Waals surface area contributed by atoms with Crippen molar-refractivity contribution < 1.29 is 14.6 Å². The maximum Gasteiger partial charge on any atom is 0.339 e. The van der Waals surface area contributed by atoms with Gasteiger partial charge in [-0.3, -0.25) is 0 Å². The van der Waals surface area contributed by atoms with Crippen molar-refractivity contribution in [2.75, 3.05) is 0 Å². The third-order valence-corrected chi connectivity index (χ3v) is 3.44. The van der Waals surface area contributed by atoms with Crippen molar-refractivity contribution in [1.29, 1.82) is 0 Å². The Labute approximate surface area is 97.5 Å². The van der Waals surface area contributed by atoms with Crippen LogP contribution in [0.3, 0.4) is 0 Å². The molecule has 0 saturated heterocycles. The quantitative estimate of drug-likeness (QED) is 0.593. The molecule has 0 radical (unpaired) electrons. The highest BCUT2D eigenvalue weighted by atomic mass is 16.6. The normalized spacial score (nSPS) is 34.1. The standard InChI is InChI=1S/C13H22O3/c1-8(2)11-7-6-10(5)13(11,15)12(14)16-9(3)4/h9-11,15H,1,6-7H2,2-5H3/t10-,11-,13-/m1/s1. The molecule has 16 heavy (non-hydrogen) atoms. The first-order valence-electron chi connectivity index (χ1n) is 5.89. The van der Waals surface area contributed by atoms with Crippen molar-refractivity contribution in [3.8, 4) is 0 Å².